The van der Waals surface area contributed by atoms with E-state index >= 15 is 0 Å². The van der Waals surface area contributed by atoms with Crippen LogP contribution in [0.25, 0.3) is 0 Å². The van der Waals surface area contributed by atoms with Crippen LogP contribution < -0.4 is 5.73 Å². The van der Waals surface area contributed by atoms with Crippen molar-refractivity contribution in [3.8, 4) is 0 Å². The van der Waals surface area contributed by atoms with Crippen LogP contribution in [0.15, 0.2) is 18.2 Å². The molecule has 3 nitrogen and oxygen atoms in total. The Labute approximate surface area is 125 Å². The number of halogens is 1. The molecule has 1 aliphatic rings. The fourth-order valence-corrected chi connectivity index (χ4v) is 3.03. The molecule has 5 heteroatoms. The fraction of sp³-hybridized carbons (Fsp3) is 0.533. The highest BCUT2D eigenvalue weighted by atomic mass is 32.1. The monoisotopic (exact) mass is 295 g/mol. The van der Waals surface area contributed by atoms with Crippen molar-refractivity contribution in [3.05, 3.63) is 35.1 Å². The highest BCUT2D eigenvalue weighted by molar-refractivity contribution is 7.80. The minimum Gasteiger partial charge on any atom is -0.389 e. The molecule has 1 heterocycles. The molecule has 0 amide bonds. The zero-order chi connectivity index (χ0) is 14.7. The van der Waals surface area contributed by atoms with E-state index in [0.717, 1.165) is 24.2 Å². The van der Waals surface area contributed by atoms with Crippen LogP contribution in [0.3, 0.4) is 0 Å². The van der Waals surface area contributed by atoms with Crippen LogP contribution >= 0.6 is 12.2 Å². The van der Waals surface area contributed by atoms with E-state index < -0.39 is 0 Å². The minimum absolute atomic E-state index is 0.242. The number of nitrogens with two attached hydrogens (primary N) is 1. The molecule has 20 heavy (non-hydrogen) atoms. The molecule has 1 atom stereocenters. The number of benzene rings is 1. The number of nitrogens with zero attached hydrogens (tertiary/aromatic N) is 2. The molecule has 1 fully saturated rings. The maximum atomic E-state index is 13.5. The van der Waals surface area contributed by atoms with E-state index in [1.165, 1.54) is 25.0 Å². The van der Waals surface area contributed by atoms with Gasteiger partial charge in [-0.25, -0.2) is 4.39 Å². The lowest BCUT2D eigenvalue weighted by Crippen LogP contribution is -2.44. The lowest BCUT2D eigenvalue weighted by molar-refractivity contribution is 0.129. The van der Waals surface area contributed by atoms with Crippen molar-refractivity contribution >= 4 is 17.2 Å². The second-order valence-electron chi connectivity index (χ2n) is 5.64. The van der Waals surface area contributed by atoms with Gasteiger partial charge in [-0.15, -0.1) is 0 Å². The van der Waals surface area contributed by atoms with Crippen molar-refractivity contribution in [2.75, 3.05) is 27.2 Å². The molecule has 0 spiro atoms. The van der Waals surface area contributed by atoms with Crippen LogP contribution in [0, 0.1) is 5.82 Å². The second-order valence-corrected chi connectivity index (χ2v) is 6.08. The maximum absolute atomic E-state index is 13.5. The summed E-state index contributed by atoms with van der Waals surface area (Å²) in [6.45, 7) is 2.87. The Hall–Kier alpha value is -1.04. The van der Waals surface area contributed by atoms with Gasteiger partial charge < -0.3 is 10.6 Å². The van der Waals surface area contributed by atoms with Gasteiger partial charge in [0.25, 0.3) is 0 Å². The normalized spacial score (nSPS) is 20.3. The van der Waals surface area contributed by atoms with Gasteiger partial charge in [0.2, 0.25) is 0 Å². The molecule has 0 radical (unpaired) electrons. The predicted octanol–water partition coefficient (Wildman–Crippen LogP) is 1.99. The predicted molar refractivity (Wildman–Crippen MR) is 84.3 cm³/mol. The van der Waals surface area contributed by atoms with Crippen molar-refractivity contribution < 1.29 is 4.39 Å². The quantitative estimate of drug-likeness (QED) is 0.861. The third-order valence-corrected chi connectivity index (χ3v) is 4.20. The topological polar surface area (TPSA) is 32.5 Å². The molecular formula is C15H22FN3S. The highest BCUT2D eigenvalue weighted by Crippen LogP contribution is 2.19. The Kier molecular flexibility index (Phi) is 5.07. The smallest absolute Gasteiger partial charge is 0.123 e. The molecular weight excluding hydrogens is 273 g/mol. The molecule has 1 aromatic carbocycles. The number of hydrogen-bond donors (Lipinski definition) is 1. The maximum Gasteiger partial charge on any atom is 0.123 e. The van der Waals surface area contributed by atoms with Gasteiger partial charge in [0.05, 0.1) is 0 Å². The summed E-state index contributed by atoms with van der Waals surface area (Å²) in [6, 6.07) is 5.12. The van der Waals surface area contributed by atoms with Crippen LogP contribution in [0.1, 0.15) is 24.0 Å². The van der Waals surface area contributed by atoms with Crippen molar-refractivity contribution in [1.82, 2.24) is 9.80 Å². The molecule has 110 valence electrons. The summed E-state index contributed by atoms with van der Waals surface area (Å²) in [5.41, 5.74) is 7.37. The van der Waals surface area contributed by atoms with E-state index in [4.69, 9.17) is 18.0 Å². The Balaban J connectivity index is 2.12. The Morgan fingerprint density at radius 1 is 1.55 bits per heavy atom. The number of likely N-dealkylation sites (tertiary alicyclic amines) is 1. The van der Waals surface area contributed by atoms with Crippen molar-refractivity contribution in [1.29, 1.82) is 0 Å². The van der Waals surface area contributed by atoms with E-state index in [0.29, 0.717) is 17.6 Å². The second kappa shape index (κ2) is 6.61. The first kappa shape index (κ1) is 15.4. The van der Waals surface area contributed by atoms with Crippen LogP contribution in [0.2, 0.25) is 0 Å². The van der Waals surface area contributed by atoms with Gasteiger partial charge in [-0.3, -0.25) is 4.90 Å². The lowest BCUT2D eigenvalue weighted by atomic mass is 10.0. The Bertz CT molecular complexity index is 492. The number of likely N-dealkylation sites (N-methyl/N-ethyl adjacent to an activating group) is 2. The summed E-state index contributed by atoms with van der Waals surface area (Å²) in [5.74, 6) is -0.242. The summed E-state index contributed by atoms with van der Waals surface area (Å²) >= 11 is 5.05. The zero-order valence-corrected chi connectivity index (χ0v) is 12.9. The van der Waals surface area contributed by atoms with Crippen LogP contribution in [0.5, 0.6) is 0 Å². The third-order valence-electron chi connectivity index (χ3n) is 3.98. The largest absolute Gasteiger partial charge is 0.389 e. The molecule has 1 aromatic rings. The lowest BCUT2D eigenvalue weighted by Gasteiger charge is -2.36. The molecule has 2 N–H and O–H groups in total. The molecule has 1 unspecified atom stereocenters. The molecule has 0 saturated carbocycles. The molecule has 2 rings (SSSR count). The van der Waals surface area contributed by atoms with E-state index in [2.05, 4.69) is 23.9 Å². The van der Waals surface area contributed by atoms with Gasteiger partial charge >= 0.3 is 0 Å². The summed E-state index contributed by atoms with van der Waals surface area (Å²) < 4.78 is 13.5. The molecule has 1 saturated heterocycles. The Morgan fingerprint density at radius 3 is 2.95 bits per heavy atom. The Morgan fingerprint density at radius 2 is 2.30 bits per heavy atom. The SMILES string of the molecule is CN1CCCC(N(C)Cc2cc(F)ccc2C(N)=S)C1. The fourth-order valence-electron chi connectivity index (χ4n) is 2.83. The van der Waals surface area contributed by atoms with Gasteiger partial charge in [-0.2, -0.15) is 0 Å². The van der Waals surface area contributed by atoms with Gasteiger partial charge in [-0.1, -0.05) is 12.2 Å². The molecule has 0 aliphatic carbocycles. The first-order valence-corrected chi connectivity index (χ1v) is 7.35. The number of thiocarbonyl (C=S) groups is 1. The number of hydrogen-bond acceptors (Lipinski definition) is 3. The summed E-state index contributed by atoms with van der Waals surface area (Å²) in [4.78, 5) is 4.94. The standard InChI is InChI=1S/C15H22FN3S/c1-18-7-3-4-13(10-18)19(2)9-11-8-12(16)5-6-14(11)15(17)20/h5-6,8,13H,3-4,7,9-10H2,1-2H3,(H2,17,20). The molecule has 0 aromatic heterocycles. The van der Waals surface area contributed by atoms with E-state index in [-0.39, 0.29) is 5.82 Å². The minimum atomic E-state index is -0.242. The van der Waals surface area contributed by atoms with Gasteiger partial charge in [0.15, 0.2) is 0 Å². The van der Waals surface area contributed by atoms with Crippen LogP contribution in [0.4, 0.5) is 4.39 Å². The zero-order valence-electron chi connectivity index (χ0n) is 12.1. The summed E-state index contributed by atoms with van der Waals surface area (Å²) in [5, 5.41) is 0. The number of piperidine rings is 1. The van der Waals surface area contributed by atoms with Gasteiger partial charge in [0, 0.05) is 24.7 Å². The van der Waals surface area contributed by atoms with Crippen LogP contribution in [-0.2, 0) is 6.54 Å². The molecule has 0 bridgehead atoms. The average Bonchev–Trinajstić information content (AvgIpc) is 2.38. The van der Waals surface area contributed by atoms with E-state index in [9.17, 15) is 4.39 Å². The van der Waals surface area contributed by atoms with Gasteiger partial charge in [0.1, 0.15) is 10.8 Å². The first-order valence-electron chi connectivity index (χ1n) is 6.94. The van der Waals surface area contributed by atoms with E-state index in [1.807, 2.05) is 0 Å². The first-order chi connectivity index (χ1) is 9.47. The van der Waals surface area contributed by atoms with Gasteiger partial charge in [-0.05, 0) is 57.2 Å². The average molecular weight is 295 g/mol. The number of rotatable bonds is 4. The van der Waals surface area contributed by atoms with Crippen molar-refractivity contribution in [2.45, 2.75) is 25.4 Å². The van der Waals surface area contributed by atoms with Crippen molar-refractivity contribution in [2.24, 2.45) is 5.73 Å². The summed E-state index contributed by atoms with van der Waals surface area (Å²) in [6.07, 6.45) is 2.38. The van der Waals surface area contributed by atoms with Crippen LogP contribution in [-0.4, -0.2) is 48.0 Å². The summed E-state index contributed by atoms with van der Waals surface area (Å²) in [7, 11) is 4.22. The third kappa shape index (κ3) is 3.75. The highest BCUT2D eigenvalue weighted by Gasteiger charge is 2.22. The van der Waals surface area contributed by atoms with Crippen molar-refractivity contribution in [3.63, 3.8) is 0 Å². The molecule has 1 aliphatic heterocycles. The van der Waals surface area contributed by atoms with E-state index in [1.54, 1.807) is 6.07 Å².